The number of hydrogen-bond donors (Lipinski definition) is 2. The van der Waals surface area contributed by atoms with Gasteiger partial charge < -0.3 is 19.8 Å². The molecule has 0 saturated heterocycles. The third-order valence-corrected chi connectivity index (χ3v) is 4.83. The molecule has 7 nitrogen and oxygen atoms in total. The van der Waals surface area contributed by atoms with E-state index in [1.165, 1.54) is 0 Å². The average Bonchev–Trinajstić information content (AvgIpc) is 3.19. The first kappa shape index (κ1) is 20.6. The lowest BCUT2D eigenvalue weighted by atomic mass is 10.1. The molecular weight excluding hydrogens is 396 g/mol. The summed E-state index contributed by atoms with van der Waals surface area (Å²) in [6.45, 7) is 1.49. The number of benzene rings is 3. The number of rotatable bonds is 10. The fraction of sp³-hybridized carbons (Fsp3) is 0.208. The molecule has 4 rings (SSSR count). The third kappa shape index (κ3) is 4.90. The standard InChI is InChI=1S/C24H24N2O5/c1-28-20-10-4-5-11-21(20)29-16-15-25-14-13-23(27)31-30-22-12-6-9-19-24(22)17-7-2-3-8-18(17)26-19/h2-12,25-26H,13-16H2,1H3. The minimum Gasteiger partial charge on any atom is -0.493 e. The summed E-state index contributed by atoms with van der Waals surface area (Å²) in [5, 5.41) is 5.05. The number of aromatic nitrogens is 1. The molecule has 0 unspecified atom stereocenters. The molecule has 0 atom stereocenters. The molecule has 0 spiro atoms. The molecule has 160 valence electrons. The third-order valence-electron chi connectivity index (χ3n) is 4.83. The van der Waals surface area contributed by atoms with E-state index < -0.39 is 5.97 Å². The van der Waals surface area contributed by atoms with Crippen LogP contribution in [-0.2, 0) is 9.68 Å². The van der Waals surface area contributed by atoms with Crippen molar-refractivity contribution in [2.75, 3.05) is 26.8 Å². The molecule has 0 saturated carbocycles. The van der Waals surface area contributed by atoms with E-state index in [9.17, 15) is 4.79 Å². The number of methoxy groups -OCH3 is 1. The zero-order valence-corrected chi connectivity index (χ0v) is 17.2. The molecule has 31 heavy (non-hydrogen) atoms. The smallest absolute Gasteiger partial charge is 0.356 e. The number of para-hydroxylation sites is 3. The van der Waals surface area contributed by atoms with E-state index in [-0.39, 0.29) is 6.42 Å². The molecule has 7 heteroatoms. The molecule has 0 aliphatic carbocycles. The molecule has 0 aliphatic rings. The van der Waals surface area contributed by atoms with E-state index in [4.69, 9.17) is 19.2 Å². The molecule has 0 aliphatic heterocycles. The van der Waals surface area contributed by atoms with Crippen LogP contribution >= 0.6 is 0 Å². The number of fused-ring (bicyclic) bond motifs is 3. The van der Waals surface area contributed by atoms with Gasteiger partial charge in [-0.25, -0.2) is 4.79 Å². The monoisotopic (exact) mass is 420 g/mol. The summed E-state index contributed by atoms with van der Waals surface area (Å²) in [6, 6.07) is 21.0. The van der Waals surface area contributed by atoms with E-state index in [0.29, 0.717) is 36.9 Å². The summed E-state index contributed by atoms with van der Waals surface area (Å²) < 4.78 is 10.9. The summed E-state index contributed by atoms with van der Waals surface area (Å²) in [4.78, 5) is 25.8. The number of carbonyl (C=O) groups excluding carboxylic acids is 1. The van der Waals surface area contributed by atoms with E-state index >= 15 is 0 Å². The van der Waals surface area contributed by atoms with Gasteiger partial charge in [0.15, 0.2) is 17.2 Å². The van der Waals surface area contributed by atoms with Crippen molar-refractivity contribution in [1.29, 1.82) is 0 Å². The Bertz CT molecular complexity index is 1170. The van der Waals surface area contributed by atoms with Gasteiger partial charge >= 0.3 is 5.97 Å². The van der Waals surface area contributed by atoms with Gasteiger partial charge in [-0.1, -0.05) is 36.4 Å². The number of aromatic amines is 1. The van der Waals surface area contributed by atoms with Crippen LogP contribution in [0.15, 0.2) is 66.7 Å². The Morgan fingerprint density at radius 2 is 1.61 bits per heavy atom. The number of H-pyrrole nitrogens is 1. The maximum atomic E-state index is 12.0. The normalized spacial score (nSPS) is 10.9. The van der Waals surface area contributed by atoms with Crippen molar-refractivity contribution in [1.82, 2.24) is 10.3 Å². The number of ether oxygens (including phenoxy) is 2. The Kier molecular flexibility index (Phi) is 6.54. The molecule has 0 amide bonds. The molecule has 0 radical (unpaired) electrons. The Hall–Kier alpha value is -3.71. The first-order chi connectivity index (χ1) is 15.3. The van der Waals surface area contributed by atoms with Crippen LogP contribution in [0.2, 0.25) is 0 Å². The molecular formula is C24H24N2O5. The second-order valence-corrected chi connectivity index (χ2v) is 6.89. The number of nitrogens with one attached hydrogen (secondary N) is 2. The summed E-state index contributed by atoms with van der Waals surface area (Å²) >= 11 is 0. The first-order valence-electron chi connectivity index (χ1n) is 10.1. The molecule has 0 bridgehead atoms. The molecule has 0 fully saturated rings. The lowest BCUT2D eigenvalue weighted by molar-refractivity contribution is -0.213. The zero-order valence-electron chi connectivity index (χ0n) is 17.2. The van der Waals surface area contributed by atoms with Crippen LogP contribution in [0.5, 0.6) is 17.2 Å². The van der Waals surface area contributed by atoms with E-state index in [0.717, 1.165) is 21.8 Å². The Morgan fingerprint density at radius 1 is 0.871 bits per heavy atom. The molecule has 2 N–H and O–H groups in total. The van der Waals surface area contributed by atoms with Crippen LogP contribution in [-0.4, -0.2) is 37.8 Å². The fourth-order valence-corrected chi connectivity index (χ4v) is 3.36. The van der Waals surface area contributed by atoms with Crippen molar-refractivity contribution in [3.63, 3.8) is 0 Å². The van der Waals surface area contributed by atoms with Crippen molar-refractivity contribution < 1.29 is 24.0 Å². The minimum absolute atomic E-state index is 0.179. The van der Waals surface area contributed by atoms with Crippen LogP contribution in [0.1, 0.15) is 6.42 Å². The Balaban J connectivity index is 1.21. The maximum Gasteiger partial charge on any atom is 0.356 e. The maximum absolute atomic E-state index is 12.0. The SMILES string of the molecule is COc1ccccc1OCCNCCC(=O)OOc1cccc2[nH]c3ccccc3c12. The molecule has 1 aromatic heterocycles. The van der Waals surface area contributed by atoms with Gasteiger partial charge in [0.05, 0.1) is 24.4 Å². The van der Waals surface area contributed by atoms with Crippen molar-refractivity contribution in [3.8, 4) is 17.2 Å². The number of carbonyl (C=O) groups is 1. The highest BCUT2D eigenvalue weighted by Gasteiger charge is 2.12. The topological polar surface area (TPSA) is 81.8 Å². The van der Waals surface area contributed by atoms with Gasteiger partial charge in [-0.05, 0) is 30.3 Å². The van der Waals surface area contributed by atoms with Gasteiger partial charge in [-0.15, -0.1) is 0 Å². The fourth-order valence-electron chi connectivity index (χ4n) is 3.36. The van der Waals surface area contributed by atoms with Crippen molar-refractivity contribution >= 4 is 27.8 Å². The van der Waals surface area contributed by atoms with Crippen molar-refractivity contribution in [2.24, 2.45) is 0 Å². The second-order valence-electron chi connectivity index (χ2n) is 6.89. The summed E-state index contributed by atoms with van der Waals surface area (Å²) in [5.41, 5.74) is 1.92. The lowest BCUT2D eigenvalue weighted by Crippen LogP contribution is -2.24. The minimum atomic E-state index is -0.449. The van der Waals surface area contributed by atoms with Crippen LogP contribution < -0.4 is 19.7 Å². The molecule has 1 heterocycles. The Morgan fingerprint density at radius 3 is 2.48 bits per heavy atom. The quantitative estimate of drug-likeness (QED) is 0.227. The van der Waals surface area contributed by atoms with Gasteiger partial charge in [-0.2, -0.15) is 0 Å². The predicted molar refractivity (Wildman–Crippen MR) is 119 cm³/mol. The van der Waals surface area contributed by atoms with Gasteiger partial charge in [0.2, 0.25) is 0 Å². The highest BCUT2D eigenvalue weighted by Crippen LogP contribution is 2.33. The van der Waals surface area contributed by atoms with Gasteiger partial charge in [0.25, 0.3) is 0 Å². The van der Waals surface area contributed by atoms with Crippen LogP contribution in [0.4, 0.5) is 0 Å². The second kappa shape index (κ2) is 9.86. The van der Waals surface area contributed by atoms with Gasteiger partial charge in [0.1, 0.15) is 6.61 Å². The van der Waals surface area contributed by atoms with E-state index in [2.05, 4.69) is 10.3 Å². The molecule has 3 aromatic carbocycles. The first-order valence-corrected chi connectivity index (χ1v) is 10.1. The number of hydrogen-bond acceptors (Lipinski definition) is 6. The van der Waals surface area contributed by atoms with Crippen LogP contribution in [0, 0.1) is 0 Å². The van der Waals surface area contributed by atoms with Crippen molar-refractivity contribution in [3.05, 3.63) is 66.7 Å². The highest BCUT2D eigenvalue weighted by molar-refractivity contribution is 6.10. The average molecular weight is 420 g/mol. The molecule has 4 aromatic rings. The van der Waals surface area contributed by atoms with E-state index in [1.54, 1.807) is 13.2 Å². The summed E-state index contributed by atoms with van der Waals surface area (Å²) in [6.07, 6.45) is 0.179. The zero-order chi connectivity index (χ0) is 21.5. The van der Waals surface area contributed by atoms with Gasteiger partial charge in [0, 0.05) is 24.0 Å². The largest absolute Gasteiger partial charge is 0.493 e. The highest BCUT2D eigenvalue weighted by atomic mass is 17.2. The van der Waals surface area contributed by atoms with Crippen LogP contribution in [0.25, 0.3) is 21.8 Å². The van der Waals surface area contributed by atoms with E-state index in [1.807, 2.05) is 60.7 Å². The summed E-state index contributed by atoms with van der Waals surface area (Å²) in [5.74, 6) is 1.43. The van der Waals surface area contributed by atoms with Gasteiger partial charge in [-0.3, -0.25) is 9.78 Å². The van der Waals surface area contributed by atoms with Crippen LogP contribution in [0.3, 0.4) is 0 Å². The Labute approximate surface area is 179 Å². The predicted octanol–water partition coefficient (Wildman–Crippen LogP) is 4.23. The summed E-state index contributed by atoms with van der Waals surface area (Å²) in [7, 11) is 1.60. The lowest BCUT2D eigenvalue weighted by Gasteiger charge is -2.10. The van der Waals surface area contributed by atoms with Crippen molar-refractivity contribution in [2.45, 2.75) is 6.42 Å².